The van der Waals surface area contributed by atoms with Gasteiger partial charge in [-0.2, -0.15) is 0 Å². The van der Waals surface area contributed by atoms with Gasteiger partial charge in [-0.1, -0.05) is 15.9 Å². The van der Waals surface area contributed by atoms with E-state index in [1.54, 1.807) is 0 Å². The lowest BCUT2D eigenvalue weighted by Gasteiger charge is -2.11. The van der Waals surface area contributed by atoms with E-state index in [2.05, 4.69) is 59.9 Å². The highest BCUT2D eigenvalue weighted by Gasteiger charge is 2.22. The summed E-state index contributed by atoms with van der Waals surface area (Å²) in [7, 11) is 0. The fraction of sp³-hybridized carbons (Fsp3) is 0.455. The Bertz CT molecular complexity index is 338. The maximum atomic E-state index is 5.78. The summed E-state index contributed by atoms with van der Waals surface area (Å²) in [4.78, 5) is 0. The lowest BCUT2D eigenvalue weighted by Crippen LogP contribution is -2.00. The van der Waals surface area contributed by atoms with Crippen LogP contribution in [0.2, 0.25) is 0 Å². The molecule has 1 saturated carbocycles. The smallest absolute Gasteiger partial charge is 0.147 e. The van der Waals surface area contributed by atoms with Gasteiger partial charge in [0.2, 0.25) is 0 Å². The van der Waals surface area contributed by atoms with Crippen molar-refractivity contribution in [3.05, 3.63) is 26.6 Å². The summed E-state index contributed by atoms with van der Waals surface area (Å²) in [5.74, 6) is 1.70. The number of alkyl halides is 1. The molecule has 1 aliphatic rings. The highest BCUT2D eigenvalue weighted by molar-refractivity contribution is 9.11. The van der Waals surface area contributed by atoms with Crippen molar-refractivity contribution >= 4 is 47.8 Å². The summed E-state index contributed by atoms with van der Waals surface area (Å²) in [6.07, 6.45) is 2.63. The van der Waals surface area contributed by atoms with Crippen molar-refractivity contribution in [2.45, 2.75) is 18.2 Å². The molecule has 0 aromatic heterocycles. The van der Waals surface area contributed by atoms with Crippen molar-refractivity contribution in [2.75, 3.05) is 6.61 Å². The van der Waals surface area contributed by atoms with Crippen LogP contribution in [0.1, 0.15) is 18.4 Å². The van der Waals surface area contributed by atoms with E-state index in [-0.39, 0.29) is 0 Å². The summed E-state index contributed by atoms with van der Waals surface area (Å²) in [6, 6.07) is 4.17. The van der Waals surface area contributed by atoms with Crippen LogP contribution < -0.4 is 4.74 Å². The normalized spacial score (nSPS) is 15.4. The minimum Gasteiger partial charge on any atom is -0.491 e. The Labute approximate surface area is 115 Å². The molecule has 82 valence electrons. The molecular weight excluding hydrogens is 388 g/mol. The second-order valence-electron chi connectivity index (χ2n) is 3.78. The first-order valence-corrected chi connectivity index (χ1v) is 7.58. The molecule has 0 bridgehead atoms. The molecule has 0 radical (unpaired) electrons. The molecule has 0 aliphatic heterocycles. The molecule has 4 heteroatoms. The van der Waals surface area contributed by atoms with Crippen LogP contribution in [-0.4, -0.2) is 6.61 Å². The van der Waals surface area contributed by atoms with Gasteiger partial charge in [0.25, 0.3) is 0 Å². The van der Waals surface area contributed by atoms with Crippen LogP contribution in [0.3, 0.4) is 0 Å². The molecule has 1 aromatic carbocycles. The van der Waals surface area contributed by atoms with Gasteiger partial charge in [0.1, 0.15) is 5.75 Å². The zero-order valence-corrected chi connectivity index (χ0v) is 12.9. The lowest BCUT2D eigenvalue weighted by atomic mass is 10.2. The largest absolute Gasteiger partial charge is 0.491 e. The van der Waals surface area contributed by atoms with E-state index in [9.17, 15) is 0 Å². The van der Waals surface area contributed by atoms with Crippen LogP contribution in [-0.2, 0) is 5.33 Å². The van der Waals surface area contributed by atoms with Crippen LogP contribution >= 0.6 is 47.8 Å². The van der Waals surface area contributed by atoms with E-state index in [0.29, 0.717) is 0 Å². The molecule has 0 N–H and O–H groups in total. The van der Waals surface area contributed by atoms with Gasteiger partial charge in [-0.25, -0.2) is 0 Å². The van der Waals surface area contributed by atoms with E-state index < -0.39 is 0 Å². The van der Waals surface area contributed by atoms with Gasteiger partial charge in [0, 0.05) is 5.33 Å². The first kappa shape index (κ1) is 11.9. The van der Waals surface area contributed by atoms with Crippen LogP contribution in [0.15, 0.2) is 21.1 Å². The number of halogens is 3. The molecule has 2 rings (SSSR count). The molecule has 0 unspecified atom stereocenters. The third-order valence-corrected chi connectivity index (χ3v) is 4.20. The van der Waals surface area contributed by atoms with Crippen LogP contribution in [0.5, 0.6) is 5.75 Å². The fourth-order valence-corrected chi connectivity index (χ4v) is 3.15. The van der Waals surface area contributed by atoms with Gasteiger partial charge in [-0.05, 0) is 68.3 Å². The Morgan fingerprint density at radius 2 is 1.80 bits per heavy atom. The molecule has 1 nitrogen and oxygen atoms in total. The topological polar surface area (TPSA) is 9.23 Å². The second-order valence-corrected chi connectivity index (χ2v) is 6.05. The summed E-state index contributed by atoms with van der Waals surface area (Å²) in [5.41, 5.74) is 1.23. The van der Waals surface area contributed by atoms with E-state index in [4.69, 9.17) is 4.74 Å². The van der Waals surface area contributed by atoms with Crippen molar-refractivity contribution in [1.29, 1.82) is 0 Å². The lowest BCUT2D eigenvalue weighted by molar-refractivity contribution is 0.296. The highest BCUT2D eigenvalue weighted by atomic mass is 79.9. The molecule has 1 aromatic rings. The molecule has 1 fully saturated rings. The summed E-state index contributed by atoms with van der Waals surface area (Å²) in [5, 5.41) is 0.854. The highest BCUT2D eigenvalue weighted by Crippen LogP contribution is 2.37. The van der Waals surface area contributed by atoms with Gasteiger partial charge in [0.15, 0.2) is 0 Å². The quantitative estimate of drug-likeness (QED) is 0.656. The summed E-state index contributed by atoms with van der Waals surface area (Å²) >= 11 is 10.5. The first-order chi connectivity index (χ1) is 7.20. The fourth-order valence-electron chi connectivity index (χ4n) is 1.31. The minimum absolute atomic E-state index is 0.777. The molecule has 0 amide bonds. The number of ether oxygens (including phenoxy) is 1. The predicted molar refractivity (Wildman–Crippen MR) is 72.7 cm³/mol. The standard InChI is InChI=1S/C11H11Br3O/c12-5-8-3-9(13)11(10(14)4-8)15-6-7-1-2-7/h3-4,7H,1-2,5-6H2. The minimum atomic E-state index is 0.777. The summed E-state index contributed by atoms with van der Waals surface area (Å²) < 4.78 is 7.82. The average molecular weight is 399 g/mol. The van der Waals surface area contributed by atoms with Gasteiger partial charge in [-0.3, -0.25) is 0 Å². The van der Waals surface area contributed by atoms with Crippen molar-refractivity contribution in [3.8, 4) is 5.75 Å². The summed E-state index contributed by atoms with van der Waals surface area (Å²) in [6.45, 7) is 0.838. The number of hydrogen-bond acceptors (Lipinski definition) is 1. The zero-order valence-electron chi connectivity index (χ0n) is 8.10. The molecule has 15 heavy (non-hydrogen) atoms. The van der Waals surface area contributed by atoms with Crippen molar-refractivity contribution < 1.29 is 4.74 Å². The third-order valence-electron chi connectivity index (χ3n) is 2.37. The van der Waals surface area contributed by atoms with Gasteiger partial charge in [0.05, 0.1) is 15.6 Å². The molecule has 1 aliphatic carbocycles. The van der Waals surface area contributed by atoms with Crippen LogP contribution in [0.25, 0.3) is 0 Å². The number of rotatable bonds is 4. The Balaban J connectivity index is 2.13. The Morgan fingerprint density at radius 1 is 1.20 bits per heavy atom. The Morgan fingerprint density at radius 3 is 2.27 bits per heavy atom. The maximum Gasteiger partial charge on any atom is 0.147 e. The SMILES string of the molecule is BrCc1cc(Br)c(OCC2CC2)c(Br)c1. The Hall–Kier alpha value is 0.460. The molecule has 0 spiro atoms. The second kappa shape index (κ2) is 5.19. The first-order valence-electron chi connectivity index (χ1n) is 4.87. The van der Waals surface area contributed by atoms with E-state index >= 15 is 0 Å². The molecule has 0 atom stereocenters. The average Bonchev–Trinajstić information content (AvgIpc) is 3.00. The third kappa shape index (κ3) is 3.21. The Kier molecular flexibility index (Phi) is 4.13. The maximum absolute atomic E-state index is 5.78. The van der Waals surface area contributed by atoms with E-state index in [0.717, 1.165) is 32.5 Å². The monoisotopic (exact) mass is 396 g/mol. The zero-order chi connectivity index (χ0) is 10.8. The van der Waals surface area contributed by atoms with Gasteiger partial charge < -0.3 is 4.74 Å². The van der Waals surface area contributed by atoms with Crippen LogP contribution in [0.4, 0.5) is 0 Å². The molecule has 0 saturated heterocycles. The predicted octanol–water partition coefficient (Wildman–Crippen LogP) is 4.90. The van der Waals surface area contributed by atoms with Crippen molar-refractivity contribution in [1.82, 2.24) is 0 Å². The van der Waals surface area contributed by atoms with E-state index in [1.165, 1.54) is 18.4 Å². The molecular formula is C11H11Br3O. The van der Waals surface area contributed by atoms with Gasteiger partial charge >= 0.3 is 0 Å². The van der Waals surface area contributed by atoms with Crippen LogP contribution in [0, 0.1) is 5.92 Å². The molecule has 0 heterocycles. The van der Waals surface area contributed by atoms with Crippen molar-refractivity contribution in [2.24, 2.45) is 5.92 Å². The number of hydrogen-bond donors (Lipinski definition) is 0. The van der Waals surface area contributed by atoms with E-state index in [1.807, 2.05) is 0 Å². The number of benzene rings is 1. The van der Waals surface area contributed by atoms with Crippen molar-refractivity contribution in [3.63, 3.8) is 0 Å². The van der Waals surface area contributed by atoms with Gasteiger partial charge in [-0.15, -0.1) is 0 Å².